The third kappa shape index (κ3) is 3.03. The van der Waals surface area contributed by atoms with Crippen molar-refractivity contribution >= 4 is 39.7 Å². The van der Waals surface area contributed by atoms with Crippen molar-refractivity contribution in [3.8, 4) is 0 Å². The first kappa shape index (κ1) is 17.3. The van der Waals surface area contributed by atoms with Crippen molar-refractivity contribution in [2.45, 2.75) is 24.9 Å². The highest BCUT2D eigenvalue weighted by molar-refractivity contribution is 8.00. The van der Waals surface area contributed by atoms with Gasteiger partial charge in [0.25, 0.3) is 0 Å². The number of aromatic nitrogens is 2. The number of rotatable bonds is 3. The first-order valence-electron chi connectivity index (χ1n) is 9.32. The van der Waals surface area contributed by atoms with E-state index in [1.165, 1.54) is 22.9 Å². The van der Waals surface area contributed by atoms with E-state index in [1.54, 1.807) is 0 Å². The largest absolute Gasteiger partial charge is 0.451 e. The summed E-state index contributed by atoms with van der Waals surface area (Å²) < 4.78 is 5.99. The molecular formula is C22H19N3O2S. The van der Waals surface area contributed by atoms with Gasteiger partial charge in [0, 0.05) is 18.5 Å². The first-order chi connectivity index (χ1) is 13.7. The Labute approximate surface area is 166 Å². The summed E-state index contributed by atoms with van der Waals surface area (Å²) in [4.78, 5) is 23.8. The number of carbonyl (C=O) groups is 1. The van der Waals surface area contributed by atoms with Gasteiger partial charge in [-0.2, -0.15) is 0 Å². The van der Waals surface area contributed by atoms with Gasteiger partial charge in [-0.1, -0.05) is 48.2 Å². The summed E-state index contributed by atoms with van der Waals surface area (Å²) in [7, 11) is 0. The van der Waals surface area contributed by atoms with Crippen molar-refractivity contribution < 1.29 is 9.21 Å². The van der Waals surface area contributed by atoms with E-state index in [-0.39, 0.29) is 5.91 Å². The SMILES string of the molecule is Cc1nc(SCC(=O)N2CCc3ccccc3C2)c2oc3ccccc3c2n1. The molecule has 0 spiro atoms. The maximum Gasteiger partial charge on any atom is 0.233 e. The fourth-order valence-corrected chi connectivity index (χ4v) is 4.61. The minimum atomic E-state index is 0.125. The number of furan rings is 1. The standard InChI is InChI=1S/C22H19N3O2S/c1-14-23-20-17-8-4-5-9-18(17)27-21(20)22(24-14)28-13-19(26)25-11-10-15-6-2-3-7-16(15)12-25/h2-9H,10-13H2,1H3. The second-order valence-corrected chi connectivity index (χ2v) is 7.94. The lowest BCUT2D eigenvalue weighted by molar-refractivity contribution is -0.129. The Hall–Kier alpha value is -2.86. The average Bonchev–Trinajstić information content (AvgIpc) is 3.10. The zero-order chi connectivity index (χ0) is 19.1. The van der Waals surface area contributed by atoms with Crippen molar-refractivity contribution in [3.05, 3.63) is 65.5 Å². The average molecular weight is 389 g/mol. The van der Waals surface area contributed by atoms with E-state index in [4.69, 9.17) is 4.42 Å². The zero-order valence-corrected chi connectivity index (χ0v) is 16.3. The molecule has 3 heterocycles. The molecule has 0 saturated carbocycles. The number of benzene rings is 2. The van der Waals surface area contributed by atoms with E-state index >= 15 is 0 Å². The van der Waals surface area contributed by atoms with Crippen LogP contribution in [0.25, 0.3) is 22.1 Å². The lowest BCUT2D eigenvalue weighted by atomic mass is 10.00. The molecule has 1 aliphatic rings. The van der Waals surface area contributed by atoms with Crippen LogP contribution in [0, 0.1) is 6.92 Å². The van der Waals surface area contributed by atoms with Gasteiger partial charge in [0.15, 0.2) is 5.58 Å². The molecule has 0 radical (unpaired) electrons. The predicted molar refractivity (Wildman–Crippen MR) is 110 cm³/mol. The second kappa shape index (κ2) is 6.95. The van der Waals surface area contributed by atoms with Crippen molar-refractivity contribution in [3.63, 3.8) is 0 Å². The van der Waals surface area contributed by atoms with Gasteiger partial charge < -0.3 is 9.32 Å². The zero-order valence-electron chi connectivity index (χ0n) is 15.5. The van der Waals surface area contributed by atoms with E-state index in [0.29, 0.717) is 23.7 Å². The minimum Gasteiger partial charge on any atom is -0.451 e. The monoisotopic (exact) mass is 389 g/mol. The number of carbonyl (C=O) groups excluding carboxylic acids is 1. The number of thioether (sulfide) groups is 1. The van der Waals surface area contributed by atoms with Crippen LogP contribution in [0.2, 0.25) is 0 Å². The third-order valence-electron chi connectivity index (χ3n) is 5.12. The summed E-state index contributed by atoms with van der Waals surface area (Å²) in [5.41, 5.74) is 4.84. The smallest absolute Gasteiger partial charge is 0.233 e. The van der Waals surface area contributed by atoms with Crippen LogP contribution in [0.1, 0.15) is 17.0 Å². The molecule has 5 nitrogen and oxygen atoms in total. The molecule has 0 bridgehead atoms. The van der Waals surface area contributed by atoms with E-state index < -0.39 is 0 Å². The van der Waals surface area contributed by atoms with E-state index in [9.17, 15) is 4.79 Å². The molecule has 5 rings (SSSR count). The second-order valence-electron chi connectivity index (χ2n) is 6.97. The van der Waals surface area contributed by atoms with Gasteiger partial charge in [-0.3, -0.25) is 4.79 Å². The van der Waals surface area contributed by atoms with Crippen LogP contribution in [-0.2, 0) is 17.8 Å². The molecule has 1 aliphatic heterocycles. The number of nitrogens with zero attached hydrogens (tertiary/aromatic N) is 3. The Morgan fingerprint density at radius 2 is 1.89 bits per heavy atom. The summed E-state index contributed by atoms with van der Waals surface area (Å²) in [6.45, 7) is 3.31. The van der Waals surface area contributed by atoms with Crippen molar-refractivity contribution in [1.29, 1.82) is 0 Å². The maximum atomic E-state index is 12.8. The summed E-state index contributed by atoms with van der Waals surface area (Å²) in [6.07, 6.45) is 0.910. The fourth-order valence-electron chi connectivity index (χ4n) is 3.70. The lowest BCUT2D eigenvalue weighted by Crippen LogP contribution is -2.37. The van der Waals surface area contributed by atoms with Crippen LogP contribution in [0.5, 0.6) is 0 Å². The molecule has 28 heavy (non-hydrogen) atoms. The highest BCUT2D eigenvalue weighted by Gasteiger charge is 2.22. The highest BCUT2D eigenvalue weighted by Crippen LogP contribution is 2.33. The molecule has 0 unspecified atom stereocenters. The number of para-hydroxylation sites is 1. The summed E-state index contributed by atoms with van der Waals surface area (Å²) in [6, 6.07) is 16.2. The van der Waals surface area contributed by atoms with Crippen LogP contribution in [0.4, 0.5) is 0 Å². The van der Waals surface area contributed by atoms with Crippen LogP contribution in [0.3, 0.4) is 0 Å². The summed E-state index contributed by atoms with van der Waals surface area (Å²) >= 11 is 1.43. The molecule has 4 aromatic rings. The molecule has 6 heteroatoms. The van der Waals surface area contributed by atoms with Gasteiger partial charge in [-0.05, 0) is 36.6 Å². The number of amides is 1. The fraction of sp³-hybridized carbons (Fsp3) is 0.227. The number of fused-ring (bicyclic) bond motifs is 4. The molecule has 2 aromatic heterocycles. The Kier molecular flexibility index (Phi) is 4.28. The van der Waals surface area contributed by atoms with E-state index in [2.05, 4.69) is 28.2 Å². The van der Waals surface area contributed by atoms with Crippen molar-refractivity contribution in [1.82, 2.24) is 14.9 Å². The van der Waals surface area contributed by atoms with Crippen LogP contribution in [-0.4, -0.2) is 33.1 Å². The maximum absolute atomic E-state index is 12.8. The summed E-state index contributed by atoms with van der Waals surface area (Å²) in [5, 5.41) is 1.70. The molecule has 0 fully saturated rings. The third-order valence-corrected chi connectivity index (χ3v) is 6.06. The predicted octanol–water partition coefficient (Wildman–Crippen LogP) is 4.36. The van der Waals surface area contributed by atoms with Gasteiger partial charge in [0.05, 0.1) is 5.75 Å². The van der Waals surface area contributed by atoms with Gasteiger partial charge in [0.1, 0.15) is 22.0 Å². The molecule has 2 aromatic carbocycles. The Morgan fingerprint density at radius 3 is 2.79 bits per heavy atom. The number of hydrogen-bond donors (Lipinski definition) is 0. The van der Waals surface area contributed by atoms with Gasteiger partial charge in [0.2, 0.25) is 5.91 Å². The van der Waals surface area contributed by atoms with E-state index in [0.717, 1.165) is 34.5 Å². The molecule has 140 valence electrons. The van der Waals surface area contributed by atoms with Gasteiger partial charge >= 0.3 is 0 Å². The minimum absolute atomic E-state index is 0.125. The van der Waals surface area contributed by atoms with Crippen LogP contribution >= 0.6 is 11.8 Å². The van der Waals surface area contributed by atoms with Gasteiger partial charge in [-0.25, -0.2) is 9.97 Å². The van der Waals surface area contributed by atoms with E-state index in [1.807, 2.05) is 42.2 Å². The summed E-state index contributed by atoms with van der Waals surface area (Å²) in [5.74, 6) is 1.14. The molecule has 0 saturated heterocycles. The first-order valence-corrected chi connectivity index (χ1v) is 10.3. The molecular weight excluding hydrogens is 370 g/mol. The molecule has 1 amide bonds. The van der Waals surface area contributed by atoms with Crippen LogP contribution < -0.4 is 0 Å². The number of hydrogen-bond acceptors (Lipinski definition) is 5. The quantitative estimate of drug-likeness (QED) is 0.385. The van der Waals surface area contributed by atoms with Gasteiger partial charge in [-0.15, -0.1) is 0 Å². The lowest BCUT2D eigenvalue weighted by Gasteiger charge is -2.28. The molecule has 0 N–H and O–H groups in total. The van der Waals surface area contributed by atoms with Crippen molar-refractivity contribution in [2.24, 2.45) is 0 Å². The Morgan fingerprint density at radius 1 is 1.11 bits per heavy atom. The normalized spacial score (nSPS) is 13.8. The topological polar surface area (TPSA) is 59.2 Å². The molecule has 0 aliphatic carbocycles. The Bertz CT molecular complexity index is 1200. The molecule has 0 atom stereocenters. The van der Waals surface area contributed by atoms with Crippen molar-refractivity contribution in [2.75, 3.05) is 12.3 Å². The highest BCUT2D eigenvalue weighted by atomic mass is 32.2. The Balaban J connectivity index is 1.38. The van der Waals surface area contributed by atoms with Crippen LogP contribution in [0.15, 0.2) is 58.0 Å². The number of aryl methyl sites for hydroxylation is 1.